The van der Waals surface area contributed by atoms with Crippen LogP contribution >= 0.6 is 0 Å². The molecule has 0 aliphatic carbocycles. The SMILES string of the molecule is CCCn1nncc1C(C)(F)CN. The zero-order valence-electron chi connectivity index (χ0n) is 8.00. The number of halogens is 1. The highest BCUT2D eigenvalue weighted by atomic mass is 19.1. The Labute approximate surface area is 76.9 Å². The molecule has 13 heavy (non-hydrogen) atoms. The van der Waals surface area contributed by atoms with Gasteiger partial charge in [0.2, 0.25) is 0 Å². The Hall–Kier alpha value is -0.970. The molecular formula is C8H15FN4. The van der Waals surface area contributed by atoms with Crippen molar-refractivity contribution in [2.75, 3.05) is 6.54 Å². The molecule has 5 heteroatoms. The predicted octanol–water partition coefficient (Wildman–Crippen LogP) is 0.831. The minimum Gasteiger partial charge on any atom is -0.327 e. The Morgan fingerprint density at radius 1 is 1.69 bits per heavy atom. The highest BCUT2D eigenvalue weighted by Gasteiger charge is 2.28. The third-order valence-electron chi connectivity index (χ3n) is 1.97. The summed E-state index contributed by atoms with van der Waals surface area (Å²) in [5.41, 5.74) is 4.24. The number of alkyl halides is 1. The van der Waals surface area contributed by atoms with Gasteiger partial charge in [0, 0.05) is 13.1 Å². The van der Waals surface area contributed by atoms with Crippen LogP contribution in [0.2, 0.25) is 0 Å². The summed E-state index contributed by atoms with van der Waals surface area (Å²) in [6.45, 7) is 4.07. The lowest BCUT2D eigenvalue weighted by Gasteiger charge is -2.18. The summed E-state index contributed by atoms with van der Waals surface area (Å²) in [5.74, 6) is 0. The average Bonchev–Trinajstić information content (AvgIpc) is 2.54. The van der Waals surface area contributed by atoms with E-state index < -0.39 is 5.67 Å². The smallest absolute Gasteiger partial charge is 0.163 e. The molecule has 1 unspecified atom stereocenters. The van der Waals surface area contributed by atoms with Gasteiger partial charge in [0.25, 0.3) is 0 Å². The molecule has 1 aromatic heterocycles. The molecule has 0 aliphatic rings. The van der Waals surface area contributed by atoms with Crippen LogP contribution in [0.15, 0.2) is 6.20 Å². The molecule has 0 amide bonds. The van der Waals surface area contributed by atoms with E-state index in [1.165, 1.54) is 13.1 Å². The van der Waals surface area contributed by atoms with Crippen LogP contribution in [-0.4, -0.2) is 21.5 Å². The summed E-state index contributed by atoms with van der Waals surface area (Å²) in [4.78, 5) is 0. The van der Waals surface area contributed by atoms with Gasteiger partial charge in [-0.3, -0.25) is 0 Å². The van der Waals surface area contributed by atoms with Crippen LogP contribution in [0.3, 0.4) is 0 Å². The van der Waals surface area contributed by atoms with Gasteiger partial charge in [-0.1, -0.05) is 12.1 Å². The number of nitrogens with zero attached hydrogens (tertiary/aromatic N) is 3. The summed E-state index contributed by atoms with van der Waals surface area (Å²) < 4.78 is 15.3. The minimum atomic E-state index is -1.53. The second kappa shape index (κ2) is 3.83. The van der Waals surface area contributed by atoms with Crippen LogP contribution in [-0.2, 0) is 12.2 Å². The third kappa shape index (κ3) is 2.03. The number of aryl methyl sites for hydroxylation is 1. The van der Waals surface area contributed by atoms with Crippen molar-refractivity contribution in [3.8, 4) is 0 Å². The van der Waals surface area contributed by atoms with Gasteiger partial charge < -0.3 is 5.73 Å². The molecule has 2 N–H and O–H groups in total. The van der Waals surface area contributed by atoms with E-state index in [1.54, 1.807) is 4.68 Å². The van der Waals surface area contributed by atoms with Gasteiger partial charge in [0.15, 0.2) is 5.67 Å². The van der Waals surface area contributed by atoms with Gasteiger partial charge in [0.05, 0.1) is 11.9 Å². The maximum absolute atomic E-state index is 13.7. The molecule has 0 aliphatic heterocycles. The lowest BCUT2D eigenvalue weighted by atomic mass is 10.1. The van der Waals surface area contributed by atoms with Gasteiger partial charge in [-0.25, -0.2) is 9.07 Å². The first-order chi connectivity index (χ1) is 6.11. The van der Waals surface area contributed by atoms with Crippen molar-refractivity contribution >= 4 is 0 Å². The van der Waals surface area contributed by atoms with Gasteiger partial charge in [-0.2, -0.15) is 0 Å². The Balaban J connectivity index is 2.93. The van der Waals surface area contributed by atoms with Crippen molar-refractivity contribution in [2.24, 2.45) is 5.73 Å². The molecule has 0 radical (unpaired) electrons. The molecule has 0 saturated heterocycles. The van der Waals surface area contributed by atoms with Crippen molar-refractivity contribution in [3.63, 3.8) is 0 Å². The van der Waals surface area contributed by atoms with Gasteiger partial charge in [-0.15, -0.1) is 5.10 Å². The number of hydrogen-bond donors (Lipinski definition) is 1. The molecule has 1 heterocycles. The van der Waals surface area contributed by atoms with Crippen LogP contribution in [0.5, 0.6) is 0 Å². The second-order valence-electron chi connectivity index (χ2n) is 3.24. The van der Waals surface area contributed by atoms with Crippen LogP contribution in [0.4, 0.5) is 4.39 Å². The van der Waals surface area contributed by atoms with E-state index in [0.29, 0.717) is 12.2 Å². The molecular weight excluding hydrogens is 171 g/mol. The Morgan fingerprint density at radius 2 is 2.38 bits per heavy atom. The monoisotopic (exact) mass is 186 g/mol. The number of nitrogens with two attached hydrogens (primary N) is 1. The van der Waals surface area contributed by atoms with E-state index in [1.807, 2.05) is 6.92 Å². The molecule has 0 bridgehead atoms. The minimum absolute atomic E-state index is 0.0515. The number of hydrogen-bond acceptors (Lipinski definition) is 3. The van der Waals surface area contributed by atoms with E-state index in [2.05, 4.69) is 10.3 Å². The number of aromatic nitrogens is 3. The van der Waals surface area contributed by atoms with Crippen molar-refractivity contribution in [1.82, 2.24) is 15.0 Å². The zero-order chi connectivity index (χ0) is 9.90. The standard InChI is InChI=1S/C8H15FN4/c1-3-4-13-7(5-11-12-13)8(2,9)6-10/h5H,3-4,6,10H2,1-2H3. The normalized spacial score (nSPS) is 15.7. The summed E-state index contributed by atoms with van der Waals surface area (Å²) >= 11 is 0. The fourth-order valence-electron chi connectivity index (χ4n) is 1.14. The van der Waals surface area contributed by atoms with E-state index in [9.17, 15) is 4.39 Å². The zero-order valence-corrected chi connectivity index (χ0v) is 8.00. The van der Waals surface area contributed by atoms with Crippen molar-refractivity contribution in [2.45, 2.75) is 32.5 Å². The fourth-order valence-corrected chi connectivity index (χ4v) is 1.14. The first kappa shape index (κ1) is 10.1. The first-order valence-electron chi connectivity index (χ1n) is 4.39. The van der Waals surface area contributed by atoms with Crippen LogP contribution in [0.1, 0.15) is 26.0 Å². The largest absolute Gasteiger partial charge is 0.327 e. The van der Waals surface area contributed by atoms with E-state index in [4.69, 9.17) is 5.73 Å². The van der Waals surface area contributed by atoms with Gasteiger partial charge in [-0.05, 0) is 13.3 Å². The summed E-state index contributed by atoms with van der Waals surface area (Å²) in [7, 11) is 0. The van der Waals surface area contributed by atoms with Crippen molar-refractivity contribution in [1.29, 1.82) is 0 Å². The molecule has 0 aromatic carbocycles. The molecule has 1 rings (SSSR count). The lowest BCUT2D eigenvalue weighted by Crippen LogP contribution is -2.29. The fraction of sp³-hybridized carbons (Fsp3) is 0.750. The van der Waals surface area contributed by atoms with E-state index in [-0.39, 0.29) is 6.54 Å². The van der Waals surface area contributed by atoms with E-state index in [0.717, 1.165) is 6.42 Å². The first-order valence-corrected chi connectivity index (χ1v) is 4.39. The van der Waals surface area contributed by atoms with Crippen molar-refractivity contribution in [3.05, 3.63) is 11.9 Å². The Morgan fingerprint density at radius 3 is 2.92 bits per heavy atom. The van der Waals surface area contributed by atoms with Crippen molar-refractivity contribution < 1.29 is 4.39 Å². The molecule has 0 saturated carbocycles. The molecule has 0 spiro atoms. The Bertz CT molecular complexity index is 269. The quantitative estimate of drug-likeness (QED) is 0.757. The summed E-state index contributed by atoms with van der Waals surface area (Å²) in [5, 5.41) is 7.46. The second-order valence-corrected chi connectivity index (χ2v) is 3.24. The van der Waals surface area contributed by atoms with Crippen LogP contribution < -0.4 is 5.73 Å². The predicted molar refractivity (Wildman–Crippen MR) is 47.8 cm³/mol. The van der Waals surface area contributed by atoms with Gasteiger partial charge in [0.1, 0.15) is 0 Å². The topological polar surface area (TPSA) is 56.7 Å². The highest BCUT2D eigenvalue weighted by molar-refractivity contribution is 5.07. The van der Waals surface area contributed by atoms with Gasteiger partial charge >= 0.3 is 0 Å². The van der Waals surface area contributed by atoms with Crippen LogP contribution in [0, 0.1) is 0 Å². The summed E-state index contributed by atoms with van der Waals surface area (Å²) in [6.07, 6.45) is 2.33. The number of rotatable bonds is 4. The Kier molecular flexibility index (Phi) is 2.98. The molecule has 0 fully saturated rings. The lowest BCUT2D eigenvalue weighted by molar-refractivity contribution is 0.186. The molecule has 1 aromatic rings. The molecule has 74 valence electrons. The highest BCUT2D eigenvalue weighted by Crippen LogP contribution is 2.22. The molecule has 4 nitrogen and oxygen atoms in total. The van der Waals surface area contributed by atoms with E-state index >= 15 is 0 Å². The molecule has 1 atom stereocenters. The maximum atomic E-state index is 13.7. The average molecular weight is 186 g/mol. The summed E-state index contributed by atoms with van der Waals surface area (Å²) in [6, 6.07) is 0. The van der Waals surface area contributed by atoms with Crippen LogP contribution in [0.25, 0.3) is 0 Å². The maximum Gasteiger partial charge on any atom is 0.163 e. The third-order valence-corrected chi connectivity index (χ3v) is 1.97.